The minimum Gasteiger partial charge on any atom is -0.480 e. The van der Waals surface area contributed by atoms with Crippen molar-refractivity contribution >= 4 is 46.3 Å². The first-order valence-corrected chi connectivity index (χ1v) is 7.42. The van der Waals surface area contributed by atoms with Crippen LogP contribution >= 0.6 is 24.0 Å². The van der Waals surface area contributed by atoms with Gasteiger partial charge in [0.15, 0.2) is 0 Å². The zero-order valence-electron chi connectivity index (χ0n) is 11.1. The summed E-state index contributed by atoms with van der Waals surface area (Å²) in [5, 5.41) is 9.15. The average Bonchev–Trinajstić information content (AvgIpc) is 2.70. The SMILES string of the molecule is CC[C@H](C(=O)O)N1C(=O)/C(=C\c2ccccc2F)SC1=S. The molecule has 1 aliphatic heterocycles. The number of carboxylic acids is 1. The predicted molar refractivity (Wildman–Crippen MR) is 83.1 cm³/mol. The van der Waals surface area contributed by atoms with Gasteiger partial charge in [-0.25, -0.2) is 9.18 Å². The van der Waals surface area contributed by atoms with E-state index in [1.807, 2.05) is 0 Å². The van der Waals surface area contributed by atoms with Crippen molar-refractivity contribution < 1.29 is 19.1 Å². The van der Waals surface area contributed by atoms with Crippen LogP contribution in [-0.2, 0) is 9.59 Å². The molecule has 110 valence electrons. The Labute approximate surface area is 130 Å². The number of nitrogens with zero attached hydrogens (tertiary/aromatic N) is 1. The van der Waals surface area contributed by atoms with E-state index in [1.54, 1.807) is 19.1 Å². The largest absolute Gasteiger partial charge is 0.480 e. The molecule has 0 spiro atoms. The van der Waals surface area contributed by atoms with E-state index in [0.717, 1.165) is 16.7 Å². The number of hydrogen-bond acceptors (Lipinski definition) is 4. The van der Waals surface area contributed by atoms with Crippen molar-refractivity contribution in [3.05, 3.63) is 40.6 Å². The predicted octanol–water partition coefficient (Wildman–Crippen LogP) is 2.89. The Kier molecular flexibility index (Phi) is 4.74. The lowest BCUT2D eigenvalue weighted by Crippen LogP contribution is -2.43. The molecular weight excluding hydrogens is 313 g/mol. The lowest BCUT2D eigenvalue weighted by molar-refractivity contribution is -0.145. The van der Waals surface area contributed by atoms with Crippen LogP contribution in [0.2, 0.25) is 0 Å². The summed E-state index contributed by atoms with van der Waals surface area (Å²) in [6.07, 6.45) is 1.64. The molecule has 0 unspecified atom stereocenters. The monoisotopic (exact) mass is 325 g/mol. The van der Waals surface area contributed by atoms with Crippen molar-refractivity contribution in [1.29, 1.82) is 0 Å². The van der Waals surface area contributed by atoms with Crippen molar-refractivity contribution in [3.8, 4) is 0 Å². The maximum Gasteiger partial charge on any atom is 0.326 e. The summed E-state index contributed by atoms with van der Waals surface area (Å²) in [7, 11) is 0. The van der Waals surface area contributed by atoms with Crippen molar-refractivity contribution in [2.75, 3.05) is 0 Å². The molecule has 7 heteroatoms. The number of halogens is 1. The third kappa shape index (κ3) is 3.14. The van der Waals surface area contributed by atoms with Crippen LogP contribution in [-0.4, -0.2) is 32.2 Å². The topological polar surface area (TPSA) is 57.6 Å². The molecule has 1 heterocycles. The summed E-state index contributed by atoms with van der Waals surface area (Å²) >= 11 is 6.06. The first-order chi connectivity index (χ1) is 9.95. The van der Waals surface area contributed by atoms with E-state index in [-0.39, 0.29) is 21.2 Å². The van der Waals surface area contributed by atoms with Crippen LogP contribution in [0.4, 0.5) is 4.39 Å². The fourth-order valence-corrected chi connectivity index (χ4v) is 3.30. The normalized spacial score (nSPS) is 18.4. The first-order valence-electron chi connectivity index (χ1n) is 6.20. The third-order valence-electron chi connectivity index (χ3n) is 3.00. The molecule has 1 aromatic rings. The van der Waals surface area contributed by atoms with E-state index in [4.69, 9.17) is 17.3 Å². The van der Waals surface area contributed by atoms with Crippen LogP contribution in [0.25, 0.3) is 6.08 Å². The number of carboxylic acid groups (broad SMARTS) is 1. The molecule has 1 atom stereocenters. The van der Waals surface area contributed by atoms with E-state index >= 15 is 0 Å². The van der Waals surface area contributed by atoms with E-state index in [1.165, 1.54) is 18.2 Å². The van der Waals surface area contributed by atoms with Gasteiger partial charge < -0.3 is 5.11 Å². The molecule has 0 aromatic heterocycles. The number of thiocarbonyl (C=S) groups is 1. The van der Waals surface area contributed by atoms with E-state index in [9.17, 15) is 14.0 Å². The van der Waals surface area contributed by atoms with Gasteiger partial charge in [0.1, 0.15) is 16.2 Å². The minimum atomic E-state index is -1.11. The number of amides is 1. The van der Waals surface area contributed by atoms with Crippen LogP contribution in [0.1, 0.15) is 18.9 Å². The maximum atomic E-state index is 13.6. The molecule has 0 saturated carbocycles. The highest BCUT2D eigenvalue weighted by Crippen LogP contribution is 2.34. The highest BCUT2D eigenvalue weighted by atomic mass is 32.2. The first kappa shape index (κ1) is 15.7. The molecule has 4 nitrogen and oxygen atoms in total. The standard InChI is InChI=1S/C14H12FNO3S2/c1-2-10(13(18)19)16-12(17)11(21-14(16)20)7-8-5-3-4-6-9(8)15/h3-7,10H,2H2,1H3,(H,18,19)/b11-7+/t10-/m1/s1. The van der Waals surface area contributed by atoms with Crippen molar-refractivity contribution in [1.82, 2.24) is 4.90 Å². The Balaban J connectivity index is 2.34. The maximum absolute atomic E-state index is 13.6. The lowest BCUT2D eigenvalue weighted by atomic mass is 10.1. The summed E-state index contributed by atoms with van der Waals surface area (Å²) < 4.78 is 13.8. The second-order valence-corrected chi connectivity index (χ2v) is 6.01. The zero-order valence-corrected chi connectivity index (χ0v) is 12.7. The highest BCUT2D eigenvalue weighted by Gasteiger charge is 2.39. The van der Waals surface area contributed by atoms with E-state index < -0.39 is 23.7 Å². The fourth-order valence-electron chi connectivity index (χ4n) is 1.95. The van der Waals surface area contributed by atoms with Gasteiger partial charge in [-0.1, -0.05) is 49.1 Å². The Morgan fingerprint density at radius 3 is 2.76 bits per heavy atom. The second-order valence-electron chi connectivity index (χ2n) is 4.34. The van der Waals surface area contributed by atoms with Gasteiger partial charge in [0, 0.05) is 5.56 Å². The molecule has 1 N–H and O–H groups in total. The van der Waals surface area contributed by atoms with E-state index in [2.05, 4.69) is 0 Å². The van der Waals surface area contributed by atoms with Crippen LogP contribution in [0, 0.1) is 5.82 Å². The van der Waals surface area contributed by atoms with Gasteiger partial charge in [0.05, 0.1) is 4.91 Å². The molecule has 1 amide bonds. The van der Waals surface area contributed by atoms with Crippen molar-refractivity contribution in [2.24, 2.45) is 0 Å². The minimum absolute atomic E-state index is 0.178. The average molecular weight is 325 g/mol. The quantitative estimate of drug-likeness (QED) is 0.681. The number of rotatable bonds is 4. The molecule has 1 saturated heterocycles. The van der Waals surface area contributed by atoms with E-state index in [0.29, 0.717) is 0 Å². The molecule has 1 fully saturated rings. The van der Waals surface area contributed by atoms with Gasteiger partial charge in [-0.05, 0) is 18.6 Å². The van der Waals surface area contributed by atoms with Crippen LogP contribution in [0.3, 0.4) is 0 Å². The molecule has 0 radical (unpaired) electrons. The highest BCUT2D eigenvalue weighted by molar-refractivity contribution is 8.26. The zero-order chi connectivity index (χ0) is 15.6. The van der Waals surface area contributed by atoms with Crippen LogP contribution in [0.15, 0.2) is 29.2 Å². The van der Waals surface area contributed by atoms with Gasteiger partial charge in [-0.15, -0.1) is 0 Å². The number of hydrogen-bond donors (Lipinski definition) is 1. The van der Waals surface area contributed by atoms with Gasteiger partial charge in [0.25, 0.3) is 5.91 Å². The molecule has 0 bridgehead atoms. The smallest absolute Gasteiger partial charge is 0.326 e. The van der Waals surface area contributed by atoms with Crippen LogP contribution < -0.4 is 0 Å². The third-order valence-corrected chi connectivity index (χ3v) is 4.33. The van der Waals surface area contributed by atoms with Gasteiger partial charge in [-0.3, -0.25) is 9.69 Å². The molecule has 1 aliphatic rings. The molecule has 0 aliphatic carbocycles. The Bertz CT molecular complexity index is 645. The van der Waals surface area contributed by atoms with Crippen molar-refractivity contribution in [2.45, 2.75) is 19.4 Å². The Morgan fingerprint density at radius 1 is 1.52 bits per heavy atom. The number of benzene rings is 1. The Hall–Kier alpha value is -1.73. The molecule has 21 heavy (non-hydrogen) atoms. The van der Waals surface area contributed by atoms with Gasteiger partial charge in [-0.2, -0.15) is 0 Å². The number of carbonyl (C=O) groups excluding carboxylic acids is 1. The fraction of sp³-hybridized carbons (Fsp3) is 0.214. The van der Waals surface area contributed by atoms with Crippen LogP contribution in [0.5, 0.6) is 0 Å². The lowest BCUT2D eigenvalue weighted by Gasteiger charge is -2.21. The summed E-state index contributed by atoms with van der Waals surface area (Å²) in [5.74, 6) is -2.06. The van der Waals surface area contributed by atoms with Gasteiger partial charge >= 0.3 is 5.97 Å². The summed E-state index contributed by atoms with van der Waals surface area (Å²) in [6.45, 7) is 1.66. The number of aliphatic carboxylic acids is 1. The summed E-state index contributed by atoms with van der Waals surface area (Å²) in [5.41, 5.74) is 0.265. The Morgan fingerprint density at radius 2 is 2.19 bits per heavy atom. The summed E-state index contributed by atoms with van der Waals surface area (Å²) in [4.78, 5) is 24.8. The molecular formula is C14H12FNO3S2. The second kappa shape index (κ2) is 6.36. The molecule has 2 rings (SSSR count). The number of carbonyl (C=O) groups is 2. The van der Waals surface area contributed by atoms with Gasteiger partial charge in [0.2, 0.25) is 0 Å². The summed E-state index contributed by atoms with van der Waals surface area (Å²) in [6, 6.07) is 5.04. The van der Waals surface area contributed by atoms with Crippen molar-refractivity contribution in [3.63, 3.8) is 0 Å². The number of thioether (sulfide) groups is 1. The molecule has 1 aromatic carbocycles.